The van der Waals surface area contributed by atoms with Crippen LogP contribution in [0, 0.1) is 5.41 Å². The molecule has 2 aromatic rings. The van der Waals surface area contributed by atoms with Gasteiger partial charge in [-0.15, -0.1) is 0 Å². The summed E-state index contributed by atoms with van der Waals surface area (Å²) in [6.07, 6.45) is 6.16. The third-order valence-corrected chi connectivity index (χ3v) is 14.6. The first kappa shape index (κ1) is 26.4. The fourth-order valence-electron chi connectivity index (χ4n) is 6.67. The van der Waals surface area contributed by atoms with Gasteiger partial charge in [-0.25, -0.2) is 0 Å². The molecule has 6 heteroatoms. The van der Waals surface area contributed by atoms with Crippen LogP contribution >= 0.6 is 0 Å². The van der Waals surface area contributed by atoms with E-state index in [9.17, 15) is 9.59 Å². The number of carbonyl (C=O) groups is 2. The molecular weight excluding hydrogens is 468 g/mol. The number of methoxy groups -OCH3 is 2. The smallest absolute Gasteiger partial charge is 0.326 e. The van der Waals surface area contributed by atoms with Gasteiger partial charge in [0.05, 0.1) is 20.3 Å². The Labute approximate surface area is 215 Å². The average molecular weight is 507 g/mol. The molecule has 36 heavy (non-hydrogen) atoms. The molecule has 1 saturated heterocycles. The van der Waals surface area contributed by atoms with E-state index >= 15 is 0 Å². The number of hydrogen-bond acceptors (Lipinski definition) is 5. The minimum atomic E-state index is -2.50. The highest BCUT2D eigenvalue weighted by atomic mass is 28.3. The van der Waals surface area contributed by atoms with Gasteiger partial charge in [0.2, 0.25) is 0 Å². The van der Waals surface area contributed by atoms with E-state index in [4.69, 9.17) is 14.2 Å². The lowest BCUT2D eigenvalue weighted by Crippen LogP contribution is -2.65. The molecule has 0 N–H and O–H groups in total. The molecule has 1 aliphatic carbocycles. The van der Waals surface area contributed by atoms with Gasteiger partial charge < -0.3 is 14.2 Å². The van der Waals surface area contributed by atoms with Crippen molar-refractivity contribution in [1.82, 2.24) is 0 Å². The van der Waals surface area contributed by atoms with Gasteiger partial charge in [0.25, 0.3) is 0 Å². The van der Waals surface area contributed by atoms with Crippen molar-refractivity contribution in [2.75, 3.05) is 14.2 Å². The summed E-state index contributed by atoms with van der Waals surface area (Å²) < 4.78 is 17.4. The zero-order chi connectivity index (χ0) is 26.0. The molecule has 2 unspecified atom stereocenters. The zero-order valence-corrected chi connectivity index (χ0v) is 23.1. The van der Waals surface area contributed by atoms with Crippen molar-refractivity contribution in [3.63, 3.8) is 0 Å². The molecule has 1 heterocycles. The highest BCUT2D eigenvalue weighted by Gasteiger charge is 2.70. The minimum absolute atomic E-state index is 0.0730. The normalized spacial score (nSPS) is 23.4. The van der Waals surface area contributed by atoms with Crippen LogP contribution in [0.1, 0.15) is 46.5 Å². The van der Waals surface area contributed by atoms with Crippen LogP contribution in [-0.4, -0.2) is 45.9 Å². The van der Waals surface area contributed by atoms with Crippen LogP contribution in [-0.2, 0) is 23.8 Å². The number of rotatable bonds is 6. The molecule has 0 radical (unpaired) electrons. The number of benzene rings is 2. The van der Waals surface area contributed by atoms with Gasteiger partial charge in [-0.1, -0.05) is 104 Å². The summed E-state index contributed by atoms with van der Waals surface area (Å²) in [4.78, 5) is 26.9. The maximum absolute atomic E-state index is 13.4. The Morgan fingerprint density at radius 1 is 0.944 bits per heavy atom. The predicted octanol–water partition coefficient (Wildman–Crippen LogP) is 4.65. The number of esters is 2. The van der Waals surface area contributed by atoms with E-state index in [1.54, 1.807) is 0 Å². The van der Waals surface area contributed by atoms with Crippen LogP contribution in [0.2, 0.25) is 11.1 Å². The van der Waals surface area contributed by atoms with Gasteiger partial charge in [-0.2, -0.15) is 0 Å². The Bertz CT molecular complexity index is 1050. The molecule has 4 rings (SSSR count). The van der Waals surface area contributed by atoms with Crippen molar-refractivity contribution in [3.05, 3.63) is 72.8 Å². The topological polar surface area (TPSA) is 61.8 Å². The molecule has 2 aliphatic rings. The molecule has 192 valence electrons. The number of allylic oxidation sites excluding steroid dienone is 1. The van der Waals surface area contributed by atoms with E-state index in [1.165, 1.54) is 24.6 Å². The van der Waals surface area contributed by atoms with Crippen LogP contribution in [0.4, 0.5) is 0 Å². The van der Waals surface area contributed by atoms with Crippen molar-refractivity contribution in [1.29, 1.82) is 0 Å². The Hall–Kier alpha value is -2.70. The monoisotopic (exact) mass is 506 g/mol. The lowest BCUT2D eigenvalue weighted by Gasteiger charge is -2.45. The van der Waals surface area contributed by atoms with E-state index < -0.39 is 31.0 Å². The van der Waals surface area contributed by atoms with E-state index in [1.807, 2.05) is 24.3 Å². The van der Waals surface area contributed by atoms with Gasteiger partial charge in [-0.05, 0) is 30.3 Å². The number of ether oxygens (including phenoxy) is 3. The highest BCUT2D eigenvalue weighted by Crippen LogP contribution is 2.55. The van der Waals surface area contributed by atoms with Gasteiger partial charge in [0.15, 0.2) is 5.41 Å². The summed E-state index contributed by atoms with van der Waals surface area (Å²) >= 11 is 0. The number of carbonyl (C=O) groups excluding carboxylic acids is 2. The maximum Gasteiger partial charge on any atom is 0.326 e. The molecule has 5 nitrogen and oxygen atoms in total. The van der Waals surface area contributed by atoms with Crippen molar-refractivity contribution < 1.29 is 23.8 Å². The summed E-state index contributed by atoms with van der Waals surface area (Å²) in [6, 6.07) is 22.1. The van der Waals surface area contributed by atoms with Crippen LogP contribution in [0.3, 0.4) is 0 Å². The van der Waals surface area contributed by atoms with Crippen LogP contribution < -0.4 is 10.4 Å². The lowest BCUT2D eigenvalue weighted by atomic mass is 9.67. The van der Waals surface area contributed by atoms with Crippen molar-refractivity contribution in [2.45, 2.75) is 69.2 Å². The molecule has 1 aliphatic heterocycles. The first-order valence-corrected chi connectivity index (χ1v) is 15.0. The quantitative estimate of drug-likeness (QED) is 0.247. The van der Waals surface area contributed by atoms with E-state index in [2.05, 4.69) is 69.3 Å². The summed E-state index contributed by atoms with van der Waals surface area (Å²) in [5, 5.41) is 2.56. The second-order valence-electron chi connectivity index (χ2n) is 11.1. The first-order chi connectivity index (χ1) is 17.2. The Morgan fingerprint density at radius 3 is 1.89 bits per heavy atom. The van der Waals surface area contributed by atoms with Gasteiger partial charge in [0, 0.05) is 6.42 Å². The van der Waals surface area contributed by atoms with Crippen molar-refractivity contribution in [3.8, 4) is 0 Å². The Morgan fingerprint density at radius 2 is 1.47 bits per heavy atom. The molecule has 2 atom stereocenters. The van der Waals surface area contributed by atoms with Gasteiger partial charge >= 0.3 is 11.9 Å². The SMILES string of the molecule is COC(=O)C1(C(=O)OC)CC(C[Si](c2ccccc2)(c2ccccc2)C(C)(C)C)OC12C=CCCC2. The predicted molar refractivity (Wildman–Crippen MR) is 144 cm³/mol. The fraction of sp³-hybridized carbons (Fsp3) is 0.467. The Balaban J connectivity index is 1.89. The molecule has 0 aromatic heterocycles. The summed E-state index contributed by atoms with van der Waals surface area (Å²) in [5.74, 6) is -1.16. The van der Waals surface area contributed by atoms with Crippen LogP contribution in [0.15, 0.2) is 72.8 Å². The molecular formula is C30H38O5Si. The average Bonchev–Trinajstić information content (AvgIpc) is 3.20. The highest BCUT2D eigenvalue weighted by molar-refractivity contribution is 7.04. The molecule has 1 spiro atoms. The van der Waals surface area contributed by atoms with Crippen LogP contribution in [0.5, 0.6) is 0 Å². The molecule has 0 saturated carbocycles. The molecule has 0 amide bonds. The second-order valence-corrected chi connectivity index (χ2v) is 16.0. The van der Waals surface area contributed by atoms with Crippen molar-refractivity contribution in [2.24, 2.45) is 5.41 Å². The second kappa shape index (κ2) is 9.98. The Kier molecular flexibility index (Phi) is 7.31. The first-order valence-electron chi connectivity index (χ1n) is 12.8. The van der Waals surface area contributed by atoms with E-state index in [0.717, 1.165) is 18.9 Å². The van der Waals surface area contributed by atoms with Crippen molar-refractivity contribution >= 4 is 30.4 Å². The van der Waals surface area contributed by atoms with Gasteiger partial charge in [-0.3, -0.25) is 9.59 Å². The molecule has 0 bridgehead atoms. The van der Waals surface area contributed by atoms with Gasteiger partial charge in [0.1, 0.15) is 13.7 Å². The summed E-state index contributed by atoms with van der Waals surface area (Å²) in [5.41, 5.74) is -2.59. The van der Waals surface area contributed by atoms with E-state index in [-0.39, 0.29) is 17.6 Å². The standard InChI is InChI=1S/C30H38O5Si/c1-28(2,3)36(24-15-9-6-10-16-24,25-17-11-7-12-18-25)22-23-21-30(26(31)33-4,27(32)34-5)29(35-23)19-13-8-14-20-29/h6-7,9-13,15-19,23H,8,14,20-22H2,1-5H3. The maximum atomic E-state index is 13.4. The summed E-state index contributed by atoms with van der Waals surface area (Å²) in [6.45, 7) is 6.91. The minimum Gasteiger partial charge on any atom is -0.468 e. The van der Waals surface area contributed by atoms with Crippen LogP contribution in [0.25, 0.3) is 0 Å². The lowest BCUT2D eigenvalue weighted by molar-refractivity contribution is -0.180. The summed E-state index contributed by atoms with van der Waals surface area (Å²) in [7, 11) is 0.172. The number of hydrogen-bond donors (Lipinski definition) is 0. The molecule has 2 aromatic carbocycles. The van der Waals surface area contributed by atoms with E-state index in [0.29, 0.717) is 6.42 Å². The molecule has 1 fully saturated rings. The zero-order valence-electron chi connectivity index (χ0n) is 22.1. The third kappa shape index (κ3) is 4.04. The largest absolute Gasteiger partial charge is 0.468 e. The fourth-order valence-corrected chi connectivity index (χ4v) is 12.2. The third-order valence-electron chi connectivity index (χ3n) is 8.35.